The van der Waals surface area contributed by atoms with Gasteiger partial charge in [-0.05, 0) is 41.4 Å². The molecule has 0 aromatic rings. The van der Waals surface area contributed by atoms with E-state index in [0.29, 0.717) is 21.7 Å². The Morgan fingerprint density at radius 3 is 1.24 bits per heavy atom. The summed E-state index contributed by atoms with van der Waals surface area (Å²) in [5.41, 5.74) is 1.26. The van der Waals surface area contributed by atoms with E-state index in [0.717, 1.165) is 13.2 Å². The summed E-state index contributed by atoms with van der Waals surface area (Å²) >= 11 is 0. The SMILES string of the molecule is CCOCCCCCCCCCC(C(C)(C)C)(C(C)(C)C)C(C)(C)C. The zero-order valence-corrected chi connectivity index (χ0v) is 19.5. The lowest BCUT2D eigenvalue weighted by molar-refractivity contribution is -0.129. The molecule has 0 unspecified atom stereocenters. The third-order valence-electron chi connectivity index (χ3n) is 6.39. The zero-order valence-electron chi connectivity index (χ0n) is 19.5. The maximum Gasteiger partial charge on any atom is 0.0465 e. The molecule has 1 heteroatoms. The summed E-state index contributed by atoms with van der Waals surface area (Å²) in [6.45, 7) is 26.0. The summed E-state index contributed by atoms with van der Waals surface area (Å²) < 4.78 is 5.41. The molecular formula is C24H50O. The van der Waals surface area contributed by atoms with Gasteiger partial charge in [-0.1, -0.05) is 101 Å². The highest BCUT2D eigenvalue weighted by molar-refractivity contribution is 5.05. The lowest BCUT2D eigenvalue weighted by Crippen LogP contribution is -2.54. The second kappa shape index (κ2) is 10.3. The van der Waals surface area contributed by atoms with E-state index in [1.807, 2.05) is 0 Å². The molecular weight excluding hydrogens is 304 g/mol. The maximum atomic E-state index is 5.41. The van der Waals surface area contributed by atoms with Crippen molar-refractivity contribution in [3.8, 4) is 0 Å². The van der Waals surface area contributed by atoms with E-state index in [1.165, 1.54) is 51.4 Å². The number of ether oxygens (including phenoxy) is 1. The Morgan fingerprint density at radius 1 is 0.520 bits per heavy atom. The average Bonchev–Trinajstić information content (AvgIpc) is 2.40. The zero-order chi connectivity index (χ0) is 19.8. The van der Waals surface area contributed by atoms with Gasteiger partial charge in [-0.15, -0.1) is 0 Å². The molecule has 1 nitrogen and oxygen atoms in total. The summed E-state index contributed by atoms with van der Waals surface area (Å²) in [5, 5.41) is 0. The minimum Gasteiger partial charge on any atom is -0.382 e. The van der Waals surface area contributed by atoms with Crippen molar-refractivity contribution >= 4 is 0 Å². The Labute approximate surface area is 160 Å². The van der Waals surface area contributed by atoms with Gasteiger partial charge in [-0.2, -0.15) is 0 Å². The summed E-state index contributed by atoms with van der Waals surface area (Å²) in [6, 6.07) is 0. The molecule has 0 aliphatic carbocycles. The summed E-state index contributed by atoms with van der Waals surface area (Å²) in [6.07, 6.45) is 10.8. The molecule has 0 aromatic carbocycles. The van der Waals surface area contributed by atoms with Crippen LogP contribution in [0.1, 0.15) is 121 Å². The molecule has 0 fully saturated rings. The van der Waals surface area contributed by atoms with Crippen LogP contribution in [0.3, 0.4) is 0 Å². The van der Waals surface area contributed by atoms with Crippen molar-refractivity contribution in [2.75, 3.05) is 13.2 Å². The first kappa shape index (κ1) is 25.0. The fraction of sp³-hybridized carbons (Fsp3) is 1.00. The van der Waals surface area contributed by atoms with E-state index in [4.69, 9.17) is 4.74 Å². The van der Waals surface area contributed by atoms with Crippen LogP contribution in [-0.4, -0.2) is 13.2 Å². The molecule has 0 aliphatic heterocycles. The van der Waals surface area contributed by atoms with Gasteiger partial charge in [0, 0.05) is 13.2 Å². The topological polar surface area (TPSA) is 9.23 Å². The van der Waals surface area contributed by atoms with Crippen molar-refractivity contribution in [2.24, 2.45) is 21.7 Å². The van der Waals surface area contributed by atoms with Gasteiger partial charge in [0.05, 0.1) is 0 Å². The Morgan fingerprint density at radius 2 is 0.880 bits per heavy atom. The highest BCUT2D eigenvalue weighted by atomic mass is 16.5. The van der Waals surface area contributed by atoms with Gasteiger partial charge < -0.3 is 4.74 Å². The molecule has 0 atom stereocenters. The summed E-state index contributed by atoms with van der Waals surface area (Å²) in [7, 11) is 0. The van der Waals surface area contributed by atoms with Gasteiger partial charge in [0.1, 0.15) is 0 Å². The summed E-state index contributed by atoms with van der Waals surface area (Å²) in [4.78, 5) is 0. The molecule has 0 saturated heterocycles. The molecule has 0 radical (unpaired) electrons. The van der Waals surface area contributed by atoms with Crippen LogP contribution in [0.4, 0.5) is 0 Å². The van der Waals surface area contributed by atoms with E-state index in [-0.39, 0.29) is 0 Å². The molecule has 0 heterocycles. The highest BCUT2D eigenvalue weighted by Gasteiger charge is 2.56. The second-order valence-electron chi connectivity index (χ2n) is 11.1. The minimum absolute atomic E-state index is 0.308. The number of rotatable bonds is 11. The van der Waals surface area contributed by atoms with Crippen molar-refractivity contribution in [1.29, 1.82) is 0 Å². The first-order valence-corrected chi connectivity index (χ1v) is 10.9. The number of hydrogen-bond acceptors (Lipinski definition) is 1. The van der Waals surface area contributed by atoms with Crippen LogP contribution in [0.2, 0.25) is 0 Å². The average molecular weight is 355 g/mol. The van der Waals surface area contributed by atoms with Gasteiger partial charge >= 0.3 is 0 Å². The van der Waals surface area contributed by atoms with Crippen LogP contribution >= 0.6 is 0 Å². The molecule has 0 spiro atoms. The van der Waals surface area contributed by atoms with Crippen molar-refractivity contribution in [3.63, 3.8) is 0 Å². The smallest absolute Gasteiger partial charge is 0.0465 e. The first-order chi connectivity index (χ1) is 11.3. The molecule has 0 saturated carbocycles. The Balaban J connectivity index is 4.49. The minimum atomic E-state index is 0.308. The lowest BCUT2D eigenvalue weighted by atomic mass is 9.43. The Hall–Kier alpha value is -0.0400. The van der Waals surface area contributed by atoms with E-state index < -0.39 is 0 Å². The van der Waals surface area contributed by atoms with Crippen LogP contribution in [-0.2, 0) is 4.74 Å². The molecule has 0 aliphatic rings. The predicted molar refractivity (Wildman–Crippen MR) is 114 cm³/mol. The van der Waals surface area contributed by atoms with Gasteiger partial charge in [-0.3, -0.25) is 0 Å². The molecule has 0 rings (SSSR count). The largest absolute Gasteiger partial charge is 0.382 e. The first-order valence-electron chi connectivity index (χ1n) is 10.9. The van der Waals surface area contributed by atoms with Crippen molar-refractivity contribution in [1.82, 2.24) is 0 Å². The van der Waals surface area contributed by atoms with Gasteiger partial charge in [0.15, 0.2) is 0 Å². The number of hydrogen-bond donors (Lipinski definition) is 0. The van der Waals surface area contributed by atoms with E-state index in [2.05, 4.69) is 69.2 Å². The third kappa shape index (κ3) is 7.24. The molecule has 152 valence electrons. The lowest BCUT2D eigenvalue weighted by Gasteiger charge is -2.62. The highest BCUT2D eigenvalue weighted by Crippen LogP contribution is 2.63. The van der Waals surface area contributed by atoms with Crippen molar-refractivity contribution in [2.45, 2.75) is 121 Å². The van der Waals surface area contributed by atoms with Crippen LogP contribution in [0.5, 0.6) is 0 Å². The molecule has 0 aromatic heterocycles. The maximum absolute atomic E-state index is 5.41. The fourth-order valence-corrected chi connectivity index (χ4v) is 6.12. The van der Waals surface area contributed by atoms with Crippen molar-refractivity contribution < 1.29 is 4.74 Å². The monoisotopic (exact) mass is 354 g/mol. The molecule has 25 heavy (non-hydrogen) atoms. The normalized spacial score (nSPS) is 14.2. The Kier molecular flexibility index (Phi) is 10.3. The van der Waals surface area contributed by atoms with Gasteiger partial charge in [-0.25, -0.2) is 0 Å². The van der Waals surface area contributed by atoms with Gasteiger partial charge in [0.25, 0.3) is 0 Å². The van der Waals surface area contributed by atoms with E-state index >= 15 is 0 Å². The predicted octanol–water partition coefficient (Wildman–Crippen LogP) is 8.27. The molecule has 0 bridgehead atoms. The Bertz CT molecular complexity index is 299. The van der Waals surface area contributed by atoms with Crippen LogP contribution in [0.25, 0.3) is 0 Å². The quantitative estimate of drug-likeness (QED) is 0.339. The van der Waals surface area contributed by atoms with Crippen LogP contribution in [0.15, 0.2) is 0 Å². The van der Waals surface area contributed by atoms with Gasteiger partial charge in [0.2, 0.25) is 0 Å². The third-order valence-corrected chi connectivity index (χ3v) is 6.39. The van der Waals surface area contributed by atoms with E-state index in [1.54, 1.807) is 0 Å². The van der Waals surface area contributed by atoms with Crippen LogP contribution in [0, 0.1) is 21.7 Å². The summed E-state index contributed by atoms with van der Waals surface area (Å²) in [5.74, 6) is 0. The van der Waals surface area contributed by atoms with Crippen molar-refractivity contribution in [3.05, 3.63) is 0 Å². The fourth-order valence-electron chi connectivity index (χ4n) is 6.12. The second-order valence-corrected chi connectivity index (χ2v) is 11.1. The molecule has 0 N–H and O–H groups in total. The van der Waals surface area contributed by atoms with Crippen LogP contribution < -0.4 is 0 Å². The van der Waals surface area contributed by atoms with E-state index in [9.17, 15) is 0 Å². The number of unbranched alkanes of at least 4 members (excludes halogenated alkanes) is 6. The standard InChI is InChI=1S/C24H50O/c1-11-25-20-18-16-14-12-13-15-17-19-24(21(2,3)4,22(5,6)7)23(8,9)10/h11-20H2,1-10H3. The molecule has 0 amide bonds.